The van der Waals surface area contributed by atoms with E-state index < -0.39 is 17.5 Å². The molecule has 0 atom stereocenters. The maximum Gasteiger partial charge on any atom is 0.274 e. The van der Waals surface area contributed by atoms with Crippen LogP contribution in [0.4, 0.5) is 20.4 Å². The van der Waals surface area contributed by atoms with Crippen LogP contribution in [0.5, 0.6) is 0 Å². The number of carbonyl (C=O) groups is 1. The zero-order chi connectivity index (χ0) is 19.4. The molecule has 0 spiro atoms. The number of hydrogen-bond acceptors (Lipinski definition) is 4. The molecule has 0 unspecified atom stereocenters. The van der Waals surface area contributed by atoms with Gasteiger partial charge in [0, 0.05) is 18.3 Å². The number of anilines is 2. The fourth-order valence-corrected chi connectivity index (χ4v) is 2.54. The van der Waals surface area contributed by atoms with E-state index in [1.807, 2.05) is 31.2 Å². The Bertz CT molecular complexity index is 991. The lowest BCUT2D eigenvalue weighted by Gasteiger charge is -2.10. The average Bonchev–Trinajstić information content (AvgIpc) is 2.62. The fourth-order valence-electron chi connectivity index (χ4n) is 2.54. The molecular formula is C20H18F2N4O. The van der Waals surface area contributed by atoms with Gasteiger partial charge in [-0.05, 0) is 37.6 Å². The lowest BCUT2D eigenvalue weighted by molar-refractivity contribution is 0.102. The van der Waals surface area contributed by atoms with Crippen LogP contribution in [-0.4, -0.2) is 15.9 Å². The molecule has 3 rings (SSSR count). The molecule has 1 aromatic heterocycles. The largest absolute Gasteiger partial charge is 0.350 e. The summed E-state index contributed by atoms with van der Waals surface area (Å²) in [6.07, 6.45) is 0. The Labute approximate surface area is 155 Å². The summed E-state index contributed by atoms with van der Waals surface area (Å²) in [5, 5.41) is 5.47. The first-order valence-electron chi connectivity index (χ1n) is 8.32. The van der Waals surface area contributed by atoms with E-state index in [0.29, 0.717) is 24.3 Å². The first-order chi connectivity index (χ1) is 12.9. The summed E-state index contributed by atoms with van der Waals surface area (Å²) in [6, 6.07) is 12.4. The van der Waals surface area contributed by atoms with Crippen LogP contribution in [-0.2, 0) is 6.54 Å². The highest BCUT2D eigenvalue weighted by molar-refractivity contribution is 6.03. The van der Waals surface area contributed by atoms with Gasteiger partial charge in [-0.2, -0.15) is 0 Å². The number of halogens is 2. The Morgan fingerprint density at radius 2 is 1.85 bits per heavy atom. The Morgan fingerprint density at radius 1 is 1.04 bits per heavy atom. The van der Waals surface area contributed by atoms with E-state index in [4.69, 9.17) is 0 Å². The molecule has 2 aromatic carbocycles. The van der Waals surface area contributed by atoms with Crippen molar-refractivity contribution in [3.05, 3.63) is 82.7 Å². The minimum atomic E-state index is -0.855. The van der Waals surface area contributed by atoms with Crippen LogP contribution in [0.1, 0.15) is 27.3 Å². The number of amides is 1. The standard InChI is InChI=1S/C20H18F2N4O/c1-12-4-3-5-14(8-12)11-23-20-24-13(2)9-18(26-20)19(27)25-17-7-6-15(21)10-16(17)22/h3-10H,11H2,1-2H3,(H,25,27)(H,23,24,26). The summed E-state index contributed by atoms with van der Waals surface area (Å²) in [4.78, 5) is 20.8. The molecule has 0 bridgehead atoms. The number of aryl methyl sites for hydroxylation is 2. The van der Waals surface area contributed by atoms with Gasteiger partial charge in [0.25, 0.3) is 5.91 Å². The van der Waals surface area contributed by atoms with Crippen LogP contribution in [0.2, 0.25) is 0 Å². The molecule has 5 nitrogen and oxygen atoms in total. The Hall–Kier alpha value is -3.35. The second kappa shape index (κ2) is 7.90. The van der Waals surface area contributed by atoms with E-state index in [1.54, 1.807) is 6.92 Å². The van der Waals surface area contributed by atoms with Crippen LogP contribution in [0.3, 0.4) is 0 Å². The van der Waals surface area contributed by atoms with Crippen molar-refractivity contribution in [3.8, 4) is 0 Å². The van der Waals surface area contributed by atoms with Gasteiger partial charge in [0.2, 0.25) is 5.95 Å². The summed E-state index contributed by atoms with van der Waals surface area (Å²) < 4.78 is 26.7. The van der Waals surface area contributed by atoms with Gasteiger partial charge in [0.1, 0.15) is 17.3 Å². The number of benzene rings is 2. The van der Waals surface area contributed by atoms with Crippen molar-refractivity contribution < 1.29 is 13.6 Å². The Balaban J connectivity index is 1.75. The molecular weight excluding hydrogens is 350 g/mol. The lowest BCUT2D eigenvalue weighted by Crippen LogP contribution is -2.17. The maximum absolute atomic E-state index is 13.7. The van der Waals surface area contributed by atoms with E-state index >= 15 is 0 Å². The fraction of sp³-hybridized carbons (Fsp3) is 0.150. The molecule has 7 heteroatoms. The van der Waals surface area contributed by atoms with Crippen LogP contribution in [0.15, 0.2) is 48.5 Å². The third kappa shape index (κ3) is 4.84. The summed E-state index contributed by atoms with van der Waals surface area (Å²) in [5.41, 5.74) is 2.74. The van der Waals surface area contributed by atoms with Crippen molar-refractivity contribution in [2.24, 2.45) is 0 Å². The van der Waals surface area contributed by atoms with Gasteiger partial charge < -0.3 is 10.6 Å². The molecule has 1 heterocycles. The van der Waals surface area contributed by atoms with Crippen molar-refractivity contribution in [3.63, 3.8) is 0 Å². The van der Waals surface area contributed by atoms with Crippen LogP contribution in [0.25, 0.3) is 0 Å². The van der Waals surface area contributed by atoms with E-state index in [2.05, 4.69) is 20.6 Å². The van der Waals surface area contributed by atoms with Gasteiger partial charge in [-0.25, -0.2) is 18.7 Å². The number of carbonyl (C=O) groups excluding carboxylic acids is 1. The van der Waals surface area contributed by atoms with E-state index in [0.717, 1.165) is 23.3 Å². The molecule has 0 saturated heterocycles. The summed E-state index contributed by atoms with van der Waals surface area (Å²) in [7, 11) is 0. The zero-order valence-electron chi connectivity index (χ0n) is 14.9. The normalized spacial score (nSPS) is 10.5. The van der Waals surface area contributed by atoms with Crippen molar-refractivity contribution in [1.82, 2.24) is 9.97 Å². The van der Waals surface area contributed by atoms with Crippen molar-refractivity contribution >= 4 is 17.5 Å². The first kappa shape index (κ1) is 18.4. The molecule has 0 fully saturated rings. The molecule has 0 radical (unpaired) electrons. The van der Waals surface area contributed by atoms with Crippen LogP contribution in [0, 0.1) is 25.5 Å². The maximum atomic E-state index is 13.7. The molecule has 2 N–H and O–H groups in total. The highest BCUT2D eigenvalue weighted by Crippen LogP contribution is 2.16. The van der Waals surface area contributed by atoms with Crippen molar-refractivity contribution in [2.45, 2.75) is 20.4 Å². The van der Waals surface area contributed by atoms with Crippen molar-refractivity contribution in [1.29, 1.82) is 0 Å². The Morgan fingerprint density at radius 3 is 2.59 bits per heavy atom. The van der Waals surface area contributed by atoms with E-state index in [-0.39, 0.29) is 11.4 Å². The molecule has 0 aliphatic heterocycles. The van der Waals surface area contributed by atoms with Gasteiger partial charge in [-0.15, -0.1) is 0 Å². The topological polar surface area (TPSA) is 66.9 Å². The number of aromatic nitrogens is 2. The predicted octanol–water partition coefficient (Wildman–Crippen LogP) is 4.24. The molecule has 0 aliphatic carbocycles. The van der Waals surface area contributed by atoms with Gasteiger partial charge in [-0.1, -0.05) is 29.8 Å². The second-order valence-corrected chi connectivity index (χ2v) is 6.14. The summed E-state index contributed by atoms with van der Waals surface area (Å²) in [5.74, 6) is -1.89. The van der Waals surface area contributed by atoms with Gasteiger partial charge in [0.05, 0.1) is 5.69 Å². The minimum absolute atomic E-state index is 0.0815. The molecule has 138 valence electrons. The predicted molar refractivity (Wildman–Crippen MR) is 99.6 cm³/mol. The molecule has 27 heavy (non-hydrogen) atoms. The molecule has 0 saturated carbocycles. The highest BCUT2D eigenvalue weighted by atomic mass is 19.1. The lowest BCUT2D eigenvalue weighted by atomic mass is 10.1. The van der Waals surface area contributed by atoms with E-state index in [1.165, 1.54) is 6.07 Å². The monoisotopic (exact) mass is 368 g/mol. The van der Waals surface area contributed by atoms with Gasteiger partial charge >= 0.3 is 0 Å². The minimum Gasteiger partial charge on any atom is -0.350 e. The number of rotatable bonds is 5. The van der Waals surface area contributed by atoms with Gasteiger partial charge in [0.15, 0.2) is 0 Å². The summed E-state index contributed by atoms with van der Waals surface area (Å²) >= 11 is 0. The highest BCUT2D eigenvalue weighted by Gasteiger charge is 2.13. The molecule has 1 amide bonds. The van der Waals surface area contributed by atoms with Crippen LogP contribution < -0.4 is 10.6 Å². The SMILES string of the molecule is Cc1cccc(CNc2nc(C)cc(C(=O)Nc3ccc(F)cc3F)n2)c1. The third-order valence-electron chi connectivity index (χ3n) is 3.80. The number of nitrogens with one attached hydrogen (secondary N) is 2. The first-order valence-corrected chi connectivity index (χ1v) is 8.32. The molecule has 3 aromatic rings. The summed E-state index contributed by atoms with van der Waals surface area (Å²) in [6.45, 7) is 4.23. The zero-order valence-corrected chi connectivity index (χ0v) is 14.9. The number of nitrogens with zero attached hydrogens (tertiary/aromatic N) is 2. The smallest absolute Gasteiger partial charge is 0.274 e. The van der Waals surface area contributed by atoms with Gasteiger partial charge in [-0.3, -0.25) is 4.79 Å². The average molecular weight is 368 g/mol. The van der Waals surface area contributed by atoms with Crippen LogP contribution >= 0.6 is 0 Å². The van der Waals surface area contributed by atoms with E-state index in [9.17, 15) is 13.6 Å². The quantitative estimate of drug-likeness (QED) is 0.707. The number of hydrogen-bond donors (Lipinski definition) is 2. The second-order valence-electron chi connectivity index (χ2n) is 6.14. The Kier molecular flexibility index (Phi) is 5.40. The molecule has 0 aliphatic rings. The third-order valence-corrected chi connectivity index (χ3v) is 3.80. The van der Waals surface area contributed by atoms with Crippen molar-refractivity contribution in [2.75, 3.05) is 10.6 Å².